The molecule has 0 spiro atoms. The number of hydrogen-bond acceptors (Lipinski definition) is 3. The van der Waals surface area contributed by atoms with Crippen molar-refractivity contribution in [3.8, 4) is 0 Å². The monoisotopic (exact) mass is 347 g/mol. The van der Waals surface area contributed by atoms with E-state index in [1.165, 1.54) is 0 Å². The predicted molar refractivity (Wildman–Crippen MR) is 86.7 cm³/mol. The van der Waals surface area contributed by atoms with Gasteiger partial charge in [0.15, 0.2) is 0 Å². The molecule has 20 heavy (non-hydrogen) atoms. The van der Waals surface area contributed by atoms with Gasteiger partial charge in [0.1, 0.15) is 5.82 Å². The van der Waals surface area contributed by atoms with Gasteiger partial charge >= 0.3 is 0 Å². The van der Waals surface area contributed by atoms with E-state index in [0.717, 1.165) is 26.6 Å². The lowest BCUT2D eigenvalue weighted by molar-refractivity contribution is 1.21. The van der Waals surface area contributed by atoms with Gasteiger partial charge in [-0.15, -0.1) is 0 Å². The number of hydrogen-bond donors (Lipinski definition) is 1. The number of anilines is 2. The lowest BCUT2D eigenvalue weighted by Crippen LogP contribution is -1.98. The molecule has 0 radical (unpaired) electrons. The minimum atomic E-state index is 0.237. The molecule has 1 aromatic heterocycles. The molecule has 0 fully saturated rings. The van der Waals surface area contributed by atoms with Crippen molar-refractivity contribution in [2.24, 2.45) is 0 Å². The second kappa shape index (κ2) is 5.38. The maximum atomic E-state index is 5.99. The Hall–Kier alpha value is -1.65. The number of nitrogens with one attached hydrogen (secondary N) is 1. The summed E-state index contributed by atoms with van der Waals surface area (Å²) in [6.07, 6.45) is 0. The first-order chi connectivity index (χ1) is 9.63. The van der Waals surface area contributed by atoms with E-state index in [1.807, 2.05) is 49.4 Å². The van der Waals surface area contributed by atoms with Crippen LogP contribution >= 0.6 is 27.5 Å². The number of rotatable bonds is 2. The van der Waals surface area contributed by atoms with E-state index in [-0.39, 0.29) is 5.28 Å². The molecule has 2 aromatic carbocycles. The minimum absolute atomic E-state index is 0.237. The second-order valence-corrected chi connectivity index (χ2v) is 5.70. The number of halogens is 2. The van der Waals surface area contributed by atoms with Crippen LogP contribution in [-0.2, 0) is 0 Å². The summed E-state index contributed by atoms with van der Waals surface area (Å²) < 4.78 is 1.05. The second-order valence-electron chi connectivity index (χ2n) is 4.44. The lowest BCUT2D eigenvalue weighted by atomic mass is 10.2. The first kappa shape index (κ1) is 13.3. The van der Waals surface area contributed by atoms with E-state index in [1.54, 1.807) is 0 Å². The number of nitrogens with zero attached hydrogens (tertiary/aromatic N) is 2. The Morgan fingerprint density at radius 1 is 1.10 bits per heavy atom. The van der Waals surface area contributed by atoms with Gasteiger partial charge < -0.3 is 5.32 Å². The zero-order chi connectivity index (χ0) is 14.1. The average Bonchev–Trinajstić information content (AvgIpc) is 2.41. The summed E-state index contributed by atoms with van der Waals surface area (Å²) in [7, 11) is 0. The molecule has 1 heterocycles. The van der Waals surface area contributed by atoms with Crippen LogP contribution in [0.15, 0.2) is 46.9 Å². The molecule has 3 rings (SSSR count). The zero-order valence-electron chi connectivity index (χ0n) is 10.7. The molecule has 3 nitrogen and oxygen atoms in total. The number of benzene rings is 2. The molecule has 0 bridgehead atoms. The summed E-state index contributed by atoms with van der Waals surface area (Å²) in [6, 6.07) is 13.8. The van der Waals surface area contributed by atoms with E-state index in [9.17, 15) is 0 Å². The van der Waals surface area contributed by atoms with Gasteiger partial charge in [0.25, 0.3) is 0 Å². The van der Waals surface area contributed by atoms with Gasteiger partial charge in [-0.05, 0) is 54.4 Å². The van der Waals surface area contributed by atoms with Crippen LogP contribution in [0, 0.1) is 6.92 Å². The quantitative estimate of drug-likeness (QED) is 0.655. The van der Waals surface area contributed by atoms with E-state index in [0.29, 0.717) is 5.82 Å². The Kier molecular flexibility index (Phi) is 3.59. The molecule has 5 heteroatoms. The largest absolute Gasteiger partial charge is 0.339 e. The molecule has 0 unspecified atom stereocenters. The summed E-state index contributed by atoms with van der Waals surface area (Å²) in [5.41, 5.74) is 2.94. The van der Waals surface area contributed by atoms with Crippen LogP contribution in [0.25, 0.3) is 10.9 Å². The minimum Gasteiger partial charge on any atom is -0.339 e. The molecule has 0 aliphatic heterocycles. The highest BCUT2D eigenvalue weighted by Gasteiger charge is 2.07. The molecule has 1 N–H and O–H groups in total. The normalized spacial score (nSPS) is 10.8. The fourth-order valence-electron chi connectivity index (χ4n) is 2.04. The summed E-state index contributed by atoms with van der Waals surface area (Å²) in [5.74, 6) is 0.714. The summed E-state index contributed by atoms with van der Waals surface area (Å²) in [4.78, 5) is 8.51. The van der Waals surface area contributed by atoms with Gasteiger partial charge in [-0.1, -0.05) is 28.1 Å². The van der Waals surface area contributed by atoms with Gasteiger partial charge in [-0.25, -0.2) is 4.98 Å². The van der Waals surface area contributed by atoms with Crippen molar-refractivity contribution in [2.45, 2.75) is 6.92 Å². The van der Waals surface area contributed by atoms with Crippen molar-refractivity contribution >= 4 is 49.9 Å². The van der Waals surface area contributed by atoms with Gasteiger partial charge in [0, 0.05) is 15.5 Å². The molecule has 0 aliphatic rings. The Morgan fingerprint density at radius 3 is 2.70 bits per heavy atom. The fraction of sp³-hybridized carbons (Fsp3) is 0.0667. The van der Waals surface area contributed by atoms with Gasteiger partial charge in [0.05, 0.1) is 5.52 Å². The predicted octanol–water partition coefficient (Wildman–Crippen LogP) is 5.10. The average molecular weight is 349 g/mol. The van der Waals surface area contributed by atoms with Crippen molar-refractivity contribution < 1.29 is 0 Å². The van der Waals surface area contributed by atoms with Crippen molar-refractivity contribution in [3.05, 3.63) is 57.8 Å². The standard InChI is InChI=1S/C15H11BrClN3/c1-9-8-10(16)6-7-12(9)18-14-11-4-2-3-5-13(11)19-15(17)20-14/h2-8H,1H3,(H,18,19,20). The fourth-order valence-corrected chi connectivity index (χ4v) is 2.69. The highest BCUT2D eigenvalue weighted by molar-refractivity contribution is 9.10. The maximum absolute atomic E-state index is 5.99. The van der Waals surface area contributed by atoms with Crippen LogP contribution in [0.1, 0.15) is 5.56 Å². The number of para-hydroxylation sites is 1. The molecule has 0 amide bonds. The van der Waals surface area contributed by atoms with Crippen LogP contribution < -0.4 is 5.32 Å². The number of aromatic nitrogens is 2. The molecule has 0 saturated heterocycles. The SMILES string of the molecule is Cc1cc(Br)ccc1Nc1nc(Cl)nc2ccccc12. The highest BCUT2D eigenvalue weighted by atomic mass is 79.9. The van der Waals surface area contributed by atoms with E-state index in [2.05, 4.69) is 31.2 Å². The summed E-state index contributed by atoms with van der Waals surface area (Å²) in [6.45, 7) is 2.04. The number of aryl methyl sites for hydroxylation is 1. The highest BCUT2D eigenvalue weighted by Crippen LogP contribution is 2.27. The molecular weight excluding hydrogens is 338 g/mol. The van der Waals surface area contributed by atoms with E-state index >= 15 is 0 Å². The third-order valence-corrected chi connectivity index (χ3v) is 3.68. The number of fused-ring (bicyclic) bond motifs is 1. The van der Waals surface area contributed by atoms with Crippen LogP contribution in [-0.4, -0.2) is 9.97 Å². The summed E-state index contributed by atoms with van der Waals surface area (Å²) >= 11 is 9.44. The van der Waals surface area contributed by atoms with Crippen LogP contribution in [0.2, 0.25) is 5.28 Å². The third-order valence-electron chi connectivity index (χ3n) is 3.02. The lowest BCUT2D eigenvalue weighted by Gasteiger charge is -2.11. The zero-order valence-corrected chi connectivity index (χ0v) is 13.0. The van der Waals surface area contributed by atoms with E-state index in [4.69, 9.17) is 11.6 Å². The van der Waals surface area contributed by atoms with Gasteiger partial charge in [-0.3, -0.25) is 0 Å². The van der Waals surface area contributed by atoms with Crippen LogP contribution in [0.5, 0.6) is 0 Å². The first-order valence-electron chi connectivity index (χ1n) is 6.09. The van der Waals surface area contributed by atoms with Crippen molar-refractivity contribution in [1.82, 2.24) is 9.97 Å². The summed E-state index contributed by atoms with van der Waals surface area (Å²) in [5, 5.41) is 4.51. The van der Waals surface area contributed by atoms with Gasteiger partial charge in [0.2, 0.25) is 5.28 Å². The Balaban J connectivity index is 2.10. The van der Waals surface area contributed by atoms with Crippen molar-refractivity contribution in [2.75, 3.05) is 5.32 Å². The Labute approximate surface area is 130 Å². The molecule has 100 valence electrons. The van der Waals surface area contributed by atoms with E-state index < -0.39 is 0 Å². The Bertz CT molecular complexity index is 789. The Morgan fingerprint density at radius 2 is 1.90 bits per heavy atom. The topological polar surface area (TPSA) is 37.8 Å². The third kappa shape index (κ3) is 2.62. The molecule has 0 aliphatic carbocycles. The van der Waals surface area contributed by atoms with Crippen molar-refractivity contribution in [3.63, 3.8) is 0 Å². The van der Waals surface area contributed by atoms with Crippen LogP contribution in [0.3, 0.4) is 0 Å². The van der Waals surface area contributed by atoms with Crippen molar-refractivity contribution in [1.29, 1.82) is 0 Å². The van der Waals surface area contributed by atoms with Gasteiger partial charge in [-0.2, -0.15) is 4.98 Å². The maximum Gasteiger partial charge on any atom is 0.224 e. The van der Waals surface area contributed by atoms with Crippen LogP contribution in [0.4, 0.5) is 11.5 Å². The molecule has 3 aromatic rings. The molecular formula is C15H11BrClN3. The first-order valence-corrected chi connectivity index (χ1v) is 7.26. The smallest absolute Gasteiger partial charge is 0.224 e. The molecule has 0 atom stereocenters. The molecule has 0 saturated carbocycles.